The number of aryl methyl sites for hydroxylation is 1. The highest BCUT2D eigenvalue weighted by atomic mass is 16.2. The summed E-state index contributed by atoms with van der Waals surface area (Å²) < 4.78 is 2.16. The SMILES string of the molecule is C=CCN1C(=O)NC(=Cc2cc(C)n(CC)c2C)C1=O. The molecule has 0 bridgehead atoms. The minimum atomic E-state index is -0.398. The van der Waals surface area contributed by atoms with Crippen molar-refractivity contribution in [2.75, 3.05) is 6.54 Å². The molecule has 1 aliphatic heterocycles. The van der Waals surface area contributed by atoms with Gasteiger partial charge >= 0.3 is 6.03 Å². The Balaban J connectivity index is 2.35. The zero-order valence-electron chi connectivity index (χ0n) is 12.1. The number of nitrogens with one attached hydrogen (secondary N) is 1. The third-order valence-electron chi connectivity index (χ3n) is 3.50. The van der Waals surface area contributed by atoms with Gasteiger partial charge in [0, 0.05) is 24.5 Å². The van der Waals surface area contributed by atoms with Crippen molar-refractivity contribution in [1.29, 1.82) is 0 Å². The Bertz CT molecular complexity index is 611. The zero-order valence-corrected chi connectivity index (χ0v) is 12.1. The maximum Gasteiger partial charge on any atom is 0.329 e. The third-order valence-corrected chi connectivity index (χ3v) is 3.50. The summed E-state index contributed by atoms with van der Waals surface area (Å²) in [6.07, 6.45) is 3.27. The van der Waals surface area contributed by atoms with Crippen molar-refractivity contribution in [2.24, 2.45) is 0 Å². The summed E-state index contributed by atoms with van der Waals surface area (Å²) in [6, 6.07) is 1.62. The van der Waals surface area contributed by atoms with Crippen LogP contribution in [0.5, 0.6) is 0 Å². The number of nitrogens with zero attached hydrogens (tertiary/aromatic N) is 2. The van der Waals surface area contributed by atoms with E-state index in [1.807, 2.05) is 19.9 Å². The molecule has 2 rings (SSSR count). The van der Waals surface area contributed by atoms with Gasteiger partial charge in [-0.2, -0.15) is 0 Å². The molecule has 5 nitrogen and oxygen atoms in total. The van der Waals surface area contributed by atoms with Gasteiger partial charge in [-0.1, -0.05) is 6.08 Å². The minimum Gasteiger partial charge on any atom is -0.349 e. The van der Waals surface area contributed by atoms with Crippen LogP contribution in [0.15, 0.2) is 24.4 Å². The Morgan fingerprint density at radius 1 is 1.35 bits per heavy atom. The van der Waals surface area contributed by atoms with Gasteiger partial charge in [0.15, 0.2) is 0 Å². The fourth-order valence-corrected chi connectivity index (χ4v) is 2.48. The maximum atomic E-state index is 12.1. The number of urea groups is 1. The monoisotopic (exact) mass is 273 g/mol. The average Bonchev–Trinajstić information content (AvgIpc) is 2.82. The molecule has 1 aromatic rings. The van der Waals surface area contributed by atoms with Crippen molar-refractivity contribution < 1.29 is 9.59 Å². The van der Waals surface area contributed by atoms with E-state index in [4.69, 9.17) is 0 Å². The second-order valence-corrected chi connectivity index (χ2v) is 4.76. The molecule has 1 N–H and O–H groups in total. The fraction of sp³-hybridized carbons (Fsp3) is 0.333. The number of rotatable bonds is 4. The Morgan fingerprint density at radius 2 is 2.05 bits per heavy atom. The van der Waals surface area contributed by atoms with Crippen LogP contribution in [0.1, 0.15) is 23.9 Å². The van der Waals surface area contributed by atoms with Crippen molar-refractivity contribution >= 4 is 18.0 Å². The summed E-state index contributed by atoms with van der Waals surface area (Å²) in [7, 11) is 0. The molecule has 20 heavy (non-hydrogen) atoms. The van der Waals surface area contributed by atoms with Crippen LogP contribution in [0, 0.1) is 13.8 Å². The Morgan fingerprint density at radius 3 is 2.60 bits per heavy atom. The smallest absolute Gasteiger partial charge is 0.329 e. The summed E-state index contributed by atoms with van der Waals surface area (Å²) in [6.45, 7) is 10.7. The van der Waals surface area contributed by atoms with Crippen LogP contribution in [0.4, 0.5) is 4.79 Å². The molecular weight excluding hydrogens is 254 g/mol. The topological polar surface area (TPSA) is 54.3 Å². The van der Waals surface area contributed by atoms with Crippen LogP contribution in [-0.2, 0) is 11.3 Å². The van der Waals surface area contributed by atoms with Gasteiger partial charge in [-0.05, 0) is 38.5 Å². The van der Waals surface area contributed by atoms with Crippen molar-refractivity contribution in [3.05, 3.63) is 41.4 Å². The molecule has 1 aromatic heterocycles. The van der Waals surface area contributed by atoms with Gasteiger partial charge in [0.1, 0.15) is 5.70 Å². The highest BCUT2D eigenvalue weighted by molar-refractivity contribution is 6.14. The van der Waals surface area contributed by atoms with Gasteiger partial charge in [0.25, 0.3) is 5.91 Å². The normalized spacial score (nSPS) is 16.9. The molecule has 3 amide bonds. The van der Waals surface area contributed by atoms with Gasteiger partial charge in [-0.25, -0.2) is 4.79 Å². The molecule has 1 fully saturated rings. The summed E-state index contributed by atoms with van der Waals surface area (Å²) in [5.74, 6) is -0.309. The lowest BCUT2D eigenvalue weighted by atomic mass is 10.2. The van der Waals surface area contributed by atoms with Crippen LogP contribution in [-0.4, -0.2) is 28.0 Å². The number of hydrogen-bond acceptors (Lipinski definition) is 2. The first-order valence-electron chi connectivity index (χ1n) is 6.61. The van der Waals surface area contributed by atoms with Gasteiger partial charge in [0.05, 0.1) is 0 Å². The van der Waals surface area contributed by atoms with E-state index in [1.54, 1.807) is 6.08 Å². The highest BCUT2D eigenvalue weighted by Crippen LogP contribution is 2.20. The predicted molar refractivity (Wildman–Crippen MR) is 78.0 cm³/mol. The molecule has 0 spiro atoms. The maximum absolute atomic E-state index is 12.1. The predicted octanol–water partition coefficient (Wildman–Crippen LogP) is 2.20. The zero-order chi connectivity index (χ0) is 14.9. The number of aromatic nitrogens is 1. The van der Waals surface area contributed by atoms with Crippen molar-refractivity contribution in [3.8, 4) is 0 Å². The lowest BCUT2D eigenvalue weighted by molar-refractivity contribution is -0.122. The van der Waals surface area contributed by atoms with Gasteiger partial charge in [-0.15, -0.1) is 6.58 Å². The molecule has 1 aliphatic rings. The standard InChI is InChI=1S/C15H19N3O2/c1-5-7-18-14(19)13(16-15(18)20)9-12-8-10(3)17(6-2)11(12)4/h5,8-9H,1,6-7H2,2-4H3,(H,16,20). The molecule has 0 saturated carbocycles. The van der Waals surface area contributed by atoms with E-state index in [0.29, 0.717) is 5.70 Å². The largest absolute Gasteiger partial charge is 0.349 e. The molecule has 1 saturated heterocycles. The van der Waals surface area contributed by atoms with E-state index >= 15 is 0 Å². The lowest BCUT2D eigenvalue weighted by Crippen LogP contribution is -2.30. The molecule has 106 valence electrons. The van der Waals surface area contributed by atoms with Gasteiger partial charge < -0.3 is 9.88 Å². The second-order valence-electron chi connectivity index (χ2n) is 4.76. The molecule has 0 atom stereocenters. The van der Waals surface area contributed by atoms with Crippen LogP contribution in [0.2, 0.25) is 0 Å². The van der Waals surface area contributed by atoms with Gasteiger partial charge in [-0.3, -0.25) is 9.69 Å². The Hall–Kier alpha value is -2.30. The van der Waals surface area contributed by atoms with Crippen LogP contribution < -0.4 is 5.32 Å². The summed E-state index contributed by atoms with van der Waals surface area (Å²) >= 11 is 0. The highest BCUT2D eigenvalue weighted by Gasteiger charge is 2.32. The van der Waals surface area contributed by atoms with Crippen molar-refractivity contribution in [1.82, 2.24) is 14.8 Å². The summed E-state index contributed by atoms with van der Waals surface area (Å²) in [5.41, 5.74) is 3.49. The van der Waals surface area contributed by atoms with Crippen LogP contribution in [0.25, 0.3) is 6.08 Å². The van der Waals surface area contributed by atoms with E-state index in [0.717, 1.165) is 28.4 Å². The first kappa shape index (κ1) is 14.1. The number of carbonyl (C=O) groups is 2. The summed E-state index contributed by atoms with van der Waals surface area (Å²) in [4.78, 5) is 24.9. The lowest BCUT2D eigenvalue weighted by Gasteiger charge is -2.07. The van der Waals surface area contributed by atoms with Crippen molar-refractivity contribution in [3.63, 3.8) is 0 Å². The second kappa shape index (κ2) is 5.36. The minimum absolute atomic E-state index is 0.218. The van der Waals surface area contributed by atoms with Crippen LogP contribution >= 0.6 is 0 Å². The van der Waals surface area contributed by atoms with E-state index in [2.05, 4.69) is 23.4 Å². The average molecular weight is 273 g/mol. The molecule has 5 heteroatoms. The molecule has 0 radical (unpaired) electrons. The Labute approximate surface area is 118 Å². The van der Waals surface area contributed by atoms with Crippen LogP contribution in [0.3, 0.4) is 0 Å². The number of amides is 3. The van der Waals surface area contributed by atoms with E-state index in [9.17, 15) is 9.59 Å². The molecule has 0 aliphatic carbocycles. The number of hydrogen-bond donors (Lipinski definition) is 1. The van der Waals surface area contributed by atoms with Gasteiger partial charge in [0.2, 0.25) is 0 Å². The van der Waals surface area contributed by atoms with E-state index in [-0.39, 0.29) is 12.5 Å². The Kier molecular flexibility index (Phi) is 3.79. The number of carbonyl (C=O) groups excluding carboxylic acids is 2. The molecule has 0 aromatic carbocycles. The molecule has 2 heterocycles. The van der Waals surface area contributed by atoms with E-state index in [1.165, 1.54) is 6.08 Å². The van der Waals surface area contributed by atoms with Crippen molar-refractivity contribution in [2.45, 2.75) is 27.3 Å². The fourth-order valence-electron chi connectivity index (χ4n) is 2.48. The first-order valence-corrected chi connectivity index (χ1v) is 6.61. The molecule has 0 unspecified atom stereocenters. The van der Waals surface area contributed by atoms with E-state index < -0.39 is 6.03 Å². The number of imide groups is 1. The summed E-state index contributed by atoms with van der Waals surface area (Å²) in [5, 5.41) is 2.60. The quantitative estimate of drug-likeness (QED) is 0.519. The third kappa shape index (κ3) is 2.27. The molecular formula is C15H19N3O2. The first-order chi connectivity index (χ1) is 9.49.